The number of hydrazone groups is 1. The van der Waals surface area contributed by atoms with Crippen molar-refractivity contribution < 1.29 is 0 Å². The van der Waals surface area contributed by atoms with Crippen molar-refractivity contribution in [2.75, 3.05) is 5.43 Å². The van der Waals surface area contributed by atoms with Gasteiger partial charge in [-0.05, 0) is 53.3 Å². The molecule has 4 nitrogen and oxygen atoms in total. The van der Waals surface area contributed by atoms with Crippen molar-refractivity contribution >= 4 is 34.0 Å². The fourth-order valence-corrected chi connectivity index (χ4v) is 1.59. The Morgan fingerprint density at radius 1 is 1.40 bits per heavy atom. The van der Waals surface area contributed by atoms with Crippen molar-refractivity contribution in [2.24, 2.45) is 5.10 Å². The highest BCUT2D eigenvalue weighted by Gasteiger charge is 1.98. The summed E-state index contributed by atoms with van der Waals surface area (Å²) < 4.78 is 1.13. The van der Waals surface area contributed by atoms with E-state index in [9.17, 15) is 0 Å². The van der Waals surface area contributed by atoms with Gasteiger partial charge in [-0.3, -0.25) is 5.43 Å². The van der Waals surface area contributed by atoms with Crippen LogP contribution in [0.4, 0.5) is 5.69 Å². The molecule has 0 bridgehead atoms. The van der Waals surface area contributed by atoms with E-state index in [1.165, 1.54) is 0 Å². The Bertz CT molecular complexity index is 463. The maximum absolute atomic E-state index is 8.47. The standard InChI is InChI=1S/C10H7IN4/c1-7-4-8(11)2-3-10(7)15-14-9(5-12)6-13/h2-4,15H,1H3. The molecule has 1 rings (SSSR count). The number of rotatable bonds is 2. The molecule has 1 N–H and O–H groups in total. The normalized spacial score (nSPS) is 8.53. The Labute approximate surface area is 101 Å². The second kappa shape index (κ2) is 5.32. The highest BCUT2D eigenvalue weighted by molar-refractivity contribution is 14.1. The van der Waals surface area contributed by atoms with Crippen molar-refractivity contribution in [1.82, 2.24) is 0 Å². The topological polar surface area (TPSA) is 72.0 Å². The number of nitrogens with zero attached hydrogens (tertiary/aromatic N) is 3. The molecular formula is C10H7IN4. The lowest BCUT2D eigenvalue weighted by Crippen LogP contribution is -1.97. The Morgan fingerprint density at radius 3 is 2.60 bits per heavy atom. The molecule has 0 fully saturated rings. The molecule has 0 aliphatic carbocycles. The van der Waals surface area contributed by atoms with E-state index < -0.39 is 0 Å². The summed E-state index contributed by atoms with van der Waals surface area (Å²) in [6.07, 6.45) is 0. The predicted molar refractivity (Wildman–Crippen MR) is 66.2 cm³/mol. The molecule has 0 aliphatic rings. The van der Waals surface area contributed by atoms with Crippen LogP contribution < -0.4 is 5.43 Å². The van der Waals surface area contributed by atoms with Crippen LogP contribution in [-0.2, 0) is 0 Å². The summed E-state index contributed by atoms with van der Waals surface area (Å²) >= 11 is 2.21. The Morgan fingerprint density at radius 2 is 2.07 bits per heavy atom. The van der Waals surface area contributed by atoms with E-state index in [-0.39, 0.29) is 5.71 Å². The Hall–Kier alpha value is -1.60. The first-order valence-electron chi connectivity index (χ1n) is 4.07. The Kier molecular flexibility index (Phi) is 4.07. The first-order chi connectivity index (χ1) is 7.17. The van der Waals surface area contributed by atoms with E-state index in [0.29, 0.717) is 0 Å². The third-order valence-corrected chi connectivity index (χ3v) is 2.36. The summed E-state index contributed by atoms with van der Waals surface area (Å²) in [5, 5.41) is 20.6. The minimum atomic E-state index is -0.187. The number of nitrogens with one attached hydrogen (secondary N) is 1. The van der Waals surface area contributed by atoms with Gasteiger partial charge in [0, 0.05) is 3.57 Å². The van der Waals surface area contributed by atoms with Gasteiger partial charge in [0.1, 0.15) is 12.1 Å². The third-order valence-electron chi connectivity index (χ3n) is 1.69. The summed E-state index contributed by atoms with van der Waals surface area (Å²) in [4.78, 5) is 0. The van der Waals surface area contributed by atoms with Gasteiger partial charge in [-0.15, -0.1) is 0 Å². The fraction of sp³-hybridized carbons (Fsp3) is 0.100. The van der Waals surface area contributed by atoms with Crippen LogP contribution in [-0.4, -0.2) is 5.71 Å². The molecule has 0 saturated heterocycles. The lowest BCUT2D eigenvalue weighted by molar-refractivity contribution is 1.30. The van der Waals surface area contributed by atoms with Gasteiger partial charge in [-0.25, -0.2) is 0 Å². The second-order valence-corrected chi connectivity index (χ2v) is 4.00. The first kappa shape index (κ1) is 11.5. The lowest BCUT2D eigenvalue weighted by atomic mass is 10.2. The summed E-state index contributed by atoms with van der Waals surface area (Å²) in [6.45, 7) is 1.93. The zero-order valence-corrected chi connectivity index (χ0v) is 10.1. The van der Waals surface area contributed by atoms with E-state index in [1.54, 1.807) is 12.1 Å². The maximum atomic E-state index is 8.47. The number of benzene rings is 1. The van der Waals surface area contributed by atoms with Crippen LogP contribution in [0.1, 0.15) is 5.56 Å². The van der Waals surface area contributed by atoms with Gasteiger partial charge < -0.3 is 0 Å². The number of halogens is 1. The molecule has 0 amide bonds. The van der Waals surface area contributed by atoms with Crippen molar-refractivity contribution in [2.45, 2.75) is 6.92 Å². The SMILES string of the molecule is Cc1cc(I)ccc1NN=C(C#N)C#N. The average molecular weight is 310 g/mol. The van der Waals surface area contributed by atoms with Crippen molar-refractivity contribution in [3.05, 3.63) is 27.3 Å². The van der Waals surface area contributed by atoms with E-state index in [1.807, 2.05) is 25.1 Å². The molecule has 0 saturated carbocycles. The van der Waals surface area contributed by atoms with Crippen LogP contribution in [0.5, 0.6) is 0 Å². The molecule has 1 aromatic rings. The molecule has 74 valence electrons. The minimum Gasteiger partial charge on any atom is -0.276 e. The fourth-order valence-electron chi connectivity index (χ4n) is 0.944. The molecule has 0 unspecified atom stereocenters. The van der Waals surface area contributed by atoms with Gasteiger partial charge in [0.15, 0.2) is 0 Å². The van der Waals surface area contributed by atoms with Crippen molar-refractivity contribution in [1.29, 1.82) is 10.5 Å². The summed E-state index contributed by atoms with van der Waals surface area (Å²) in [7, 11) is 0. The summed E-state index contributed by atoms with van der Waals surface area (Å²) in [5.74, 6) is 0. The van der Waals surface area contributed by atoms with E-state index in [2.05, 4.69) is 33.1 Å². The van der Waals surface area contributed by atoms with Crippen LogP contribution in [0.2, 0.25) is 0 Å². The number of hydrogen-bond acceptors (Lipinski definition) is 4. The molecule has 5 heteroatoms. The highest BCUT2D eigenvalue weighted by atomic mass is 127. The zero-order chi connectivity index (χ0) is 11.3. The lowest BCUT2D eigenvalue weighted by Gasteiger charge is -2.04. The van der Waals surface area contributed by atoms with Crippen molar-refractivity contribution in [3.8, 4) is 12.1 Å². The van der Waals surface area contributed by atoms with Crippen LogP contribution in [0.25, 0.3) is 0 Å². The largest absolute Gasteiger partial charge is 0.276 e. The highest BCUT2D eigenvalue weighted by Crippen LogP contribution is 2.17. The molecule has 0 aliphatic heterocycles. The third kappa shape index (κ3) is 3.22. The van der Waals surface area contributed by atoms with Gasteiger partial charge in [-0.1, -0.05) is 0 Å². The van der Waals surface area contributed by atoms with Gasteiger partial charge in [0.25, 0.3) is 0 Å². The number of hydrogen-bond donors (Lipinski definition) is 1. The van der Waals surface area contributed by atoms with Gasteiger partial charge in [0.2, 0.25) is 5.71 Å². The first-order valence-corrected chi connectivity index (χ1v) is 5.15. The van der Waals surface area contributed by atoms with Gasteiger partial charge in [-0.2, -0.15) is 15.6 Å². The molecule has 0 spiro atoms. The van der Waals surface area contributed by atoms with Gasteiger partial charge >= 0.3 is 0 Å². The quantitative estimate of drug-likeness (QED) is 0.518. The van der Waals surface area contributed by atoms with E-state index in [4.69, 9.17) is 10.5 Å². The zero-order valence-electron chi connectivity index (χ0n) is 7.95. The number of nitriles is 2. The molecule has 0 atom stereocenters. The molecule has 0 heterocycles. The van der Waals surface area contributed by atoms with Crippen molar-refractivity contribution in [3.63, 3.8) is 0 Å². The number of aryl methyl sites for hydroxylation is 1. The summed E-state index contributed by atoms with van der Waals surface area (Å²) in [5.41, 5.74) is 4.30. The molecule has 0 aromatic heterocycles. The van der Waals surface area contributed by atoms with Crippen LogP contribution in [0, 0.1) is 33.2 Å². The van der Waals surface area contributed by atoms with Crippen LogP contribution >= 0.6 is 22.6 Å². The van der Waals surface area contributed by atoms with E-state index >= 15 is 0 Å². The number of anilines is 1. The minimum absolute atomic E-state index is 0.187. The molecular weight excluding hydrogens is 303 g/mol. The van der Waals surface area contributed by atoms with Crippen LogP contribution in [0.15, 0.2) is 23.3 Å². The second-order valence-electron chi connectivity index (χ2n) is 2.76. The summed E-state index contributed by atoms with van der Waals surface area (Å²) in [6, 6.07) is 9.11. The molecule has 1 aromatic carbocycles. The van der Waals surface area contributed by atoms with E-state index in [0.717, 1.165) is 14.8 Å². The Balaban J connectivity index is 2.89. The maximum Gasteiger partial charge on any atom is 0.237 e. The smallest absolute Gasteiger partial charge is 0.237 e. The average Bonchev–Trinajstić information content (AvgIpc) is 2.22. The molecule has 15 heavy (non-hydrogen) atoms. The van der Waals surface area contributed by atoms with Crippen LogP contribution in [0.3, 0.4) is 0 Å². The monoisotopic (exact) mass is 310 g/mol. The molecule has 0 radical (unpaired) electrons. The van der Waals surface area contributed by atoms with Gasteiger partial charge in [0.05, 0.1) is 5.69 Å². The predicted octanol–water partition coefficient (Wildman–Crippen LogP) is 2.41.